The van der Waals surface area contributed by atoms with Crippen LogP contribution in [0.4, 0.5) is 4.79 Å². The Hall–Kier alpha value is -1.33. The molecule has 0 aromatic heterocycles. The fraction of sp³-hybridized carbons (Fsp3) is 0.357. The average molecular weight is 326 g/mol. The molecule has 2 rings (SSSR count). The minimum atomic E-state index is -0.965. The molecular weight excluding hydrogens is 310 g/mol. The number of halogens is 1. The summed E-state index contributed by atoms with van der Waals surface area (Å²) >= 11 is 3.38. The van der Waals surface area contributed by atoms with Crippen molar-refractivity contribution in [2.75, 3.05) is 6.61 Å². The first kappa shape index (κ1) is 14.1. The molecule has 1 saturated heterocycles. The lowest BCUT2D eigenvalue weighted by Crippen LogP contribution is -2.46. The molecule has 1 aromatic rings. The van der Waals surface area contributed by atoms with Gasteiger partial charge in [0, 0.05) is 4.47 Å². The third-order valence-electron chi connectivity index (χ3n) is 3.11. The van der Waals surface area contributed by atoms with Crippen molar-refractivity contribution < 1.29 is 14.6 Å². The number of hydrogen-bond acceptors (Lipinski definition) is 2. The Balaban J connectivity index is 2.14. The molecule has 5 heteroatoms. The van der Waals surface area contributed by atoms with Crippen LogP contribution in [0.5, 0.6) is 0 Å². The van der Waals surface area contributed by atoms with E-state index in [2.05, 4.69) is 15.9 Å². The number of carbonyl (C=O) groups is 1. The van der Waals surface area contributed by atoms with Gasteiger partial charge < -0.3 is 9.84 Å². The maximum Gasteiger partial charge on any atom is 0.410 e. The second kappa shape index (κ2) is 5.35. The third kappa shape index (κ3) is 3.16. The van der Waals surface area contributed by atoms with Crippen LogP contribution in [-0.4, -0.2) is 34.5 Å². The molecule has 0 saturated carbocycles. The molecule has 1 aromatic carbocycles. The summed E-state index contributed by atoms with van der Waals surface area (Å²) in [7, 11) is 0. The van der Waals surface area contributed by atoms with Gasteiger partial charge in [0.25, 0.3) is 0 Å². The van der Waals surface area contributed by atoms with Crippen LogP contribution < -0.4 is 0 Å². The van der Waals surface area contributed by atoms with Gasteiger partial charge in [0.05, 0.1) is 12.6 Å². The predicted octanol–water partition coefficient (Wildman–Crippen LogP) is 3.58. The maximum absolute atomic E-state index is 11.3. The lowest BCUT2D eigenvalue weighted by atomic mass is 10.1. The van der Waals surface area contributed by atoms with E-state index in [1.807, 2.05) is 36.4 Å². The smallest absolute Gasteiger partial charge is 0.410 e. The molecule has 4 nitrogen and oxygen atoms in total. The highest BCUT2D eigenvalue weighted by atomic mass is 79.9. The summed E-state index contributed by atoms with van der Waals surface area (Å²) in [6.07, 6.45) is 2.82. The fourth-order valence-electron chi connectivity index (χ4n) is 2.14. The highest BCUT2D eigenvalue weighted by molar-refractivity contribution is 9.10. The van der Waals surface area contributed by atoms with Gasteiger partial charge in [-0.15, -0.1) is 0 Å². The van der Waals surface area contributed by atoms with Crippen molar-refractivity contribution in [1.82, 2.24) is 4.90 Å². The standard InChI is InChI=1S/C14H16BrNO3/c1-14(2)16(13(17)18)12(9-19-14)8-5-10-3-6-11(15)7-4-10/h3-8,12H,9H2,1-2H3,(H,17,18)/b8-5+. The highest BCUT2D eigenvalue weighted by Crippen LogP contribution is 2.28. The number of carboxylic acid groups (broad SMARTS) is 1. The lowest BCUT2D eigenvalue weighted by molar-refractivity contribution is -0.0409. The van der Waals surface area contributed by atoms with Crippen LogP contribution >= 0.6 is 15.9 Å². The van der Waals surface area contributed by atoms with Crippen LogP contribution in [0.15, 0.2) is 34.8 Å². The maximum atomic E-state index is 11.3. The number of rotatable bonds is 2. The summed E-state index contributed by atoms with van der Waals surface area (Å²) in [5.41, 5.74) is 0.249. The van der Waals surface area contributed by atoms with Gasteiger partial charge in [-0.05, 0) is 31.5 Å². The largest absolute Gasteiger partial charge is 0.465 e. The van der Waals surface area contributed by atoms with E-state index >= 15 is 0 Å². The van der Waals surface area contributed by atoms with Gasteiger partial charge in [-0.25, -0.2) is 4.79 Å². The minimum absolute atomic E-state index is 0.254. The average Bonchev–Trinajstić information content (AvgIpc) is 2.64. The molecule has 0 radical (unpaired) electrons. The summed E-state index contributed by atoms with van der Waals surface area (Å²) < 4.78 is 6.54. The second-order valence-electron chi connectivity index (χ2n) is 4.89. The van der Waals surface area contributed by atoms with Crippen molar-refractivity contribution in [2.24, 2.45) is 0 Å². The first-order chi connectivity index (χ1) is 8.90. The zero-order valence-electron chi connectivity index (χ0n) is 10.8. The van der Waals surface area contributed by atoms with Crippen LogP contribution in [0.1, 0.15) is 19.4 Å². The molecule has 19 heavy (non-hydrogen) atoms. The molecule has 102 valence electrons. The van der Waals surface area contributed by atoms with Crippen LogP contribution in [0.25, 0.3) is 6.08 Å². The van der Waals surface area contributed by atoms with Gasteiger partial charge in [-0.1, -0.05) is 40.2 Å². The van der Waals surface area contributed by atoms with Crippen LogP contribution in [0, 0.1) is 0 Å². The van der Waals surface area contributed by atoms with Gasteiger partial charge in [0.15, 0.2) is 0 Å². The van der Waals surface area contributed by atoms with Gasteiger partial charge in [-0.3, -0.25) is 4.90 Å². The van der Waals surface area contributed by atoms with Crippen molar-refractivity contribution in [3.8, 4) is 0 Å². The van der Waals surface area contributed by atoms with Crippen LogP contribution in [0.2, 0.25) is 0 Å². The van der Waals surface area contributed by atoms with E-state index in [0.717, 1.165) is 10.0 Å². The number of benzene rings is 1. The number of ether oxygens (including phenoxy) is 1. The molecule has 0 spiro atoms. The topological polar surface area (TPSA) is 49.8 Å². The Bertz CT molecular complexity index is 496. The van der Waals surface area contributed by atoms with Gasteiger partial charge >= 0.3 is 6.09 Å². The first-order valence-electron chi connectivity index (χ1n) is 6.00. The van der Waals surface area contributed by atoms with E-state index in [0.29, 0.717) is 6.61 Å². The molecule has 1 fully saturated rings. The van der Waals surface area contributed by atoms with E-state index in [9.17, 15) is 9.90 Å². The number of nitrogens with zero attached hydrogens (tertiary/aromatic N) is 1. The zero-order chi connectivity index (χ0) is 14.0. The number of amides is 1. The normalized spacial score (nSPS) is 22.1. The summed E-state index contributed by atoms with van der Waals surface area (Å²) in [5.74, 6) is 0. The Morgan fingerprint density at radius 3 is 2.68 bits per heavy atom. The van der Waals surface area contributed by atoms with Crippen molar-refractivity contribution in [2.45, 2.75) is 25.6 Å². The van der Waals surface area contributed by atoms with E-state index < -0.39 is 11.8 Å². The van der Waals surface area contributed by atoms with E-state index in [1.165, 1.54) is 4.90 Å². The molecule has 0 bridgehead atoms. The SMILES string of the molecule is CC1(C)OCC(/C=C/c2ccc(Br)cc2)N1C(=O)O. The Kier molecular flexibility index (Phi) is 3.96. The highest BCUT2D eigenvalue weighted by Gasteiger charge is 2.42. The first-order valence-corrected chi connectivity index (χ1v) is 6.79. The predicted molar refractivity (Wildman–Crippen MR) is 76.9 cm³/mol. The Morgan fingerprint density at radius 2 is 2.11 bits per heavy atom. The summed E-state index contributed by atoms with van der Waals surface area (Å²) in [5, 5.41) is 9.26. The summed E-state index contributed by atoms with van der Waals surface area (Å²) in [6.45, 7) is 3.90. The van der Waals surface area contributed by atoms with Crippen molar-refractivity contribution >= 4 is 28.1 Å². The van der Waals surface area contributed by atoms with E-state index in [4.69, 9.17) is 4.74 Å². The molecule has 0 aliphatic carbocycles. The molecule has 1 unspecified atom stereocenters. The van der Waals surface area contributed by atoms with Crippen molar-refractivity contribution in [3.05, 3.63) is 40.4 Å². The fourth-order valence-corrected chi connectivity index (χ4v) is 2.41. The molecule has 1 N–H and O–H groups in total. The molecule has 1 aliphatic heterocycles. The monoisotopic (exact) mass is 325 g/mol. The van der Waals surface area contributed by atoms with Gasteiger partial charge in [0.2, 0.25) is 0 Å². The van der Waals surface area contributed by atoms with Crippen LogP contribution in [0.3, 0.4) is 0 Å². The summed E-state index contributed by atoms with van der Waals surface area (Å²) in [6, 6.07) is 7.57. The minimum Gasteiger partial charge on any atom is -0.465 e. The van der Waals surface area contributed by atoms with E-state index in [1.54, 1.807) is 13.8 Å². The Labute approximate surface area is 120 Å². The molecule has 1 heterocycles. The van der Waals surface area contributed by atoms with E-state index in [-0.39, 0.29) is 6.04 Å². The van der Waals surface area contributed by atoms with Crippen LogP contribution in [-0.2, 0) is 4.74 Å². The van der Waals surface area contributed by atoms with Crippen molar-refractivity contribution in [1.29, 1.82) is 0 Å². The zero-order valence-corrected chi connectivity index (χ0v) is 12.4. The summed E-state index contributed by atoms with van der Waals surface area (Å²) in [4.78, 5) is 12.6. The Morgan fingerprint density at radius 1 is 1.47 bits per heavy atom. The molecule has 1 aliphatic rings. The molecule has 1 atom stereocenters. The second-order valence-corrected chi connectivity index (χ2v) is 5.80. The third-order valence-corrected chi connectivity index (χ3v) is 3.63. The lowest BCUT2D eigenvalue weighted by Gasteiger charge is -2.29. The van der Waals surface area contributed by atoms with Gasteiger partial charge in [-0.2, -0.15) is 0 Å². The molecular formula is C14H16BrNO3. The van der Waals surface area contributed by atoms with Gasteiger partial charge in [0.1, 0.15) is 5.72 Å². The van der Waals surface area contributed by atoms with Crippen molar-refractivity contribution in [3.63, 3.8) is 0 Å². The number of hydrogen-bond donors (Lipinski definition) is 1. The quantitative estimate of drug-likeness (QED) is 0.904. The molecule has 1 amide bonds.